The molecule has 0 spiro atoms. The lowest BCUT2D eigenvalue weighted by molar-refractivity contribution is -0.173. The molecular weight excluding hydrogens is 457 g/mol. The summed E-state index contributed by atoms with van der Waals surface area (Å²) in [5.41, 5.74) is 3.42. The van der Waals surface area contributed by atoms with Crippen LogP contribution in [0.3, 0.4) is 0 Å². The summed E-state index contributed by atoms with van der Waals surface area (Å²) in [5.74, 6) is -0.379. The number of aromatic nitrogens is 4. The predicted molar refractivity (Wildman–Crippen MR) is 124 cm³/mol. The van der Waals surface area contributed by atoms with Crippen molar-refractivity contribution in [3.05, 3.63) is 95.4 Å². The van der Waals surface area contributed by atoms with E-state index in [1.54, 1.807) is 10.9 Å². The smallest absolute Gasteiger partial charge is 0.363 e. The molecule has 1 aliphatic heterocycles. The summed E-state index contributed by atoms with van der Waals surface area (Å²) >= 11 is 0. The normalized spacial score (nSPS) is 17.5. The summed E-state index contributed by atoms with van der Waals surface area (Å²) in [6, 6.07) is 15.6. The van der Waals surface area contributed by atoms with Crippen LogP contribution in [-0.2, 0) is 6.54 Å². The number of alkyl halides is 3. The van der Waals surface area contributed by atoms with E-state index in [0.29, 0.717) is 0 Å². The maximum Gasteiger partial charge on any atom is 0.410 e. The van der Waals surface area contributed by atoms with Crippen molar-refractivity contribution in [3.8, 4) is 5.69 Å². The van der Waals surface area contributed by atoms with Crippen LogP contribution in [0.1, 0.15) is 45.7 Å². The number of nitrogens with zero attached hydrogens (tertiary/aromatic N) is 4. The Bertz CT molecular complexity index is 1310. The number of carbonyl (C=O) groups excluding carboxylic acids is 1. The fourth-order valence-corrected chi connectivity index (χ4v) is 4.16. The van der Waals surface area contributed by atoms with Crippen LogP contribution >= 0.6 is 0 Å². The average molecular weight is 480 g/mol. The van der Waals surface area contributed by atoms with E-state index in [2.05, 4.69) is 20.8 Å². The highest BCUT2D eigenvalue weighted by Crippen LogP contribution is 2.43. The highest BCUT2D eigenvalue weighted by molar-refractivity contribution is 5.93. The van der Waals surface area contributed by atoms with Crippen LogP contribution in [0.15, 0.2) is 73.1 Å². The van der Waals surface area contributed by atoms with Gasteiger partial charge in [0.1, 0.15) is 5.82 Å². The number of hydrogen-bond acceptors (Lipinski definition) is 4. The highest BCUT2D eigenvalue weighted by atomic mass is 19.4. The van der Waals surface area contributed by atoms with Gasteiger partial charge < -0.3 is 10.6 Å². The van der Waals surface area contributed by atoms with Crippen LogP contribution in [0.25, 0.3) is 5.69 Å². The number of rotatable bonds is 5. The summed E-state index contributed by atoms with van der Waals surface area (Å²) < 4.78 is 44.3. The quantitative estimate of drug-likeness (QED) is 0.423. The van der Waals surface area contributed by atoms with E-state index in [1.165, 1.54) is 6.07 Å². The average Bonchev–Trinajstić information content (AvgIpc) is 3.52. The lowest BCUT2D eigenvalue weighted by atomic mass is 9.96. The van der Waals surface area contributed by atoms with Gasteiger partial charge in [0, 0.05) is 31.4 Å². The Labute approximate surface area is 199 Å². The van der Waals surface area contributed by atoms with E-state index in [9.17, 15) is 18.0 Å². The number of benzene rings is 2. The topological polar surface area (TPSA) is 76.8 Å². The van der Waals surface area contributed by atoms with Gasteiger partial charge in [0.15, 0.2) is 11.7 Å². The number of halogens is 3. The van der Waals surface area contributed by atoms with Crippen molar-refractivity contribution in [2.75, 3.05) is 5.32 Å². The minimum atomic E-state index is -4.50. The van der Waals surface area contributed by atoms with Gasteiger partial charge in [-0.1, -0.05) is 42.0 Å². The Balaban J connectivity index is 1.31. The Morgan fingerprint density at radius 3 is 2.54 bits per heavy atom. The van der Waals surface area contributed by atoms with Gasteiger partial charge in [0.25, 0.3) is 5.91 Å². The van der Waals surface area contributed by atoms with Crippen LogP contribution < -0.4 is 10.6 Å². The number of anilines is 1. The molecule has 4 aromatic rings. The molecule has 0 saturated heterocycles. The van der Waals surface area contributed by atoms with Crippen molar-refractivity contribution in [3.63, 3.8) is 0 Å². The molecule has 0 unspecified atom stereocenters. The molecule has 0 aliphatic carbocycles. The standard InChI is InChI=1S/C25H23F3N6O/c1-16-3-7-18(8-4-16)20-13-22(25(26,27)28)34-23(31-20)14-21(32-34)24(35)29-15-17-5-9-19(10-6-17)33-12-2-11-30-33/h2-12,14,20,22,31H,13,15H2,1H3,(H,29,35)/t20-,22-/m1/s1. The number of amides is 1. The summed E-state index contributed by atoms with van der Waals surface area (Å²) in [6.45, 7) is 2.13. The summed E-state index contributed by atoms with van der Waals surface area (Å²) in [7, 11) is 0. The van der Waals surface area contributed by atoms with Gasteiger partial charge in [-0.25, -0.2) is 9.36 Å². The third-order valence-corrected chi connectivity index (χ3v) is 6.06. The number of fused-ring (bicyclic) bond motifs is 1. The van der Waals surface area contributed by atoms with Gasteiger partial charge in [-0.05, 0) is 36.2 Å². The molecule has 0 saturated carbocycles. The fraction of sp³-hybridized carbons (Fsp3) is 0.240. The van der Waals surface area contributed by atoms with Crippen molar-refractivity contribution >= 4 is 11.7 Å². The van der Waals surface area contributed by atoms with Crippen LogP contribution in [0.5, 0.6) is 0 Å². The first kappa shape index (κ1) is 22.7. The number of hydrogen-bond donors (Lipinski definition) is 2. The first-order chi connectivity index (χ1) is 16.8. The summed E-state index contributed by atoms with van der Waals surface area (Å²) in [6.07, 6.45) is -1.22. The van der Waals surface area contributed by atoms with Gasteiger partial charge in [-0.2, -0.15) is 23.4 Å². The number of nitrogens with one attached hydrogen (secondary N) is 2. The van der Waals surface area contributed by atoms with E-state index < -0.39 is 24.2 Å². The van der Waals surface area contributed by atoms with E-state index in [4.69, 9.17) is 0 Å². The zero-order valence-corrected chi connectivity index (χ0v) is 18.8. The van der Waals surface area contributed by atoms with Crippen molar-refractivity contribution in [2.24, 2.45) is 0 Å². The minimum absolute atomic E-state index is 0.0699. The lowest BCUT2D eigenvalue weighted by Crippen LogP contribution is -2.35. The van der Waals surface area contributed by atoms with Crippen LogP contribution in [0.2, 0.25) is 0 Å². The van der Waals surface area contributed by atoms with Crippen LogP contribution in [-0.4, -0.2) is 31.6 Å². The third-order valence-electron chi connectivity index (χ3n) is 6.06. The zero-order chi connectivity index (χ0) is 24.6. The van der Waals surface area contributed by atoms with Crippen LogP contribution in [0, 0.1) is 6.92 Å². The highest BCUT2D eigenvalue weighted by Gasteiger charge is 2.46. The van der Waals surface area contributed by atoms with E-state index in [-0.39, 0.29) is 24.5 Å². The molecule has 3 heterocycles. The molecule has 0 bridgehead atoms. The molecule has 10 heteroatoms. The molecule has 1 amide bonds. The van der Waals surface area contributed by atoms with Crippen molar-refractivity contribution in [1.29, 1.82) is 0 Å². The number of aryl methyl sites for hydroxylation is 1. The largest absolute Gasteiger partial charge is 0.410 e. The Morgan fingerprint density at radius 1 is 1.14 bits per heavy atom. The molecule has 7 nitrogen and oxygen atoms in total. The van der Waals surface area contributed by atoms with Crippen molar-refractivity contribution in [1.82, 2.24) is 24.9 Å². The van der Waals surface area contributed by atoms with E-state index in [0.717, 1.165) is 27.1 Å². The van der Waals surface area contributed by atoms with Gasteiger partial charge >= 0.3 is 6.18 Å². The van der Waals surface area contributed by atoms with E-state index in [1.807, 2.05) is 67.7 Å². The summed E-state index contributed by atoms with van der Waals surface area (Å²) in [4.78, 5) is 12.7. The second-order valence-corrected chi connectivity index (χ2v) is 8.56. The molecule has 0 fully saturated rings. The van der Waals surface area contributed by atoms with Crippen molar-refractivity contribution < 1.29 is 18.0 Å². The van der Waals surface area contributed by atoms with Gasteiger partial charge in [-0.3, -0.25) is 4.79 Å². The Hall–Kier alpha value is -4.08. The maximum absolute atomic E-state index is 13.9. The molecule has 2 N–H and O–H groups in total. The second kappa shape index (κ2) is 8.94. The molecule has 180 valence electrons. The molecular formula is C25H23F3N6O. The molecule has 2 aromatic carbocycles. The third kappa shape index (κ3) is 4.77. The molecule has 1 aliphatic rings. The van der Waals surface area contributed by atoms with Gasteiger partial charge in [0.2, 0.25) is 0 Å². The van der Waals surface area contributed by atoms with Crippen molar-refractivity contribution in [2.45, 2.75) is 38.1 Å². The molecule has 35 heavy (non-hydrogen) atoms. The Morgan fingerprint density at radius 2 is 1.89 bits per heavy atom. The number of carbonyl (C=O) groups is 1. The monoisotopic (exact) mass is 480 g/mol. The minimum Gasteiger partial charge on any atom is -0.363 e. The predicted octanol–water partition coefficient (Wildman–Crippen LogP) is 4.97. The Kier molecular flexibility index (Phi) is 5.80. The fourth-order valence-electron chi connectivity index (χ4n) is 4.16. The molecule has 2 atom stereocenters. The second-order valence-electron chi connectivity index (χ2n) is 8.56. The molecule has 5 rings (SSSR count). The maximum atomic E-state index is 13.9. The zero-order valence-electron chi connectivity index (χ0n) is 18.8. The van der Waals surface area contributed by atoms with Gasteiger partial charge in [0.05, 0.1) is 11.7 Å². The van der Waals surface area contributed by atoms with Gasteiger partial charge in [-0.15, -0.1) is 0 Å². The lowest BCUT2D eigenvalue weighted by Gasteiger charge is -2.33. The first-order valence-electron chi connectivity index (χ1n) is 11.1. The SMILES string of the molecule is Cc1ccc([C@H]2C[C@H](C(F)(F)F)n3nc(C(=O)NCc4ccc(-n5cccn5)cc4)cc3N2)cc1. The first-order valence-corrected chi connectivity index (χ1v) is 11.1. The van der Waals surface area contributed by atoms with E-state index >= 15 is 0 Å². The molecule has 2 aromatic heterocycles. The molecule has 0 radical (unpaired) electrons. The summed E-state index contributed by atoms with van der Waals surface area (Å²) in [5, 5.41) is 14.0. The van der Waals surface area contributed by atoms with Crippen LogP contribution in [0.4, 0.5) is 19.0 Å².